The van der Waals surface area contributed by atoms with Crippen molar-refractivity contribution in [2.45, 2.75) is 6.42 Å². The van der Waals surface area contributed by atoms with Crippen molar-refractivity contribution >= 4 is 38.5 Å². The summed E-state index contributed by atoms with van der Waals surface area (Å²) in [6.45, 7) is 0. The van der Waals surface area contributed by atoms with Gasteiger partial charge in [-0.25, -0.2) is 0 Å². The second-order valence-electron chi connectivity index (χ2n) is 6.16. The van der Waals surface area contributed by atoms with E-state index < -0.39 is 5.56 Å². The van der Waals surface area contributed by atoms with Gasteiger partial charge in [0.1, 0.15) is 11.4 Å². The molecule has 9 nitrogen and oxygen atoms in total. The first-order chi connectivity index (χ1) is 14.0. The van der Waals surface area contributed by atoms with Gasteiger partial charge >= 0.3 is 0 Å². The van der Waals surface area contributed by atoms with E-state index in [9.17, 15) is 9.90 Å². The fraction of sp³-hybridized carbons (Fsp3) is 0.105. The lowest BCUT2D eigenvalue weighted by atomic mass is 10.1. The smallest absolute Gasteiger partial charge is 0.274 e. The lowest BCUT2D eigenvalue weighted by molar-refractivity contribution is 0.414. The Bertz CT molecular complexity index is 1260. The van der Waals surface area contributed by atoms with Gasteiger partial charge in [-0.3, -0.25) is 9.78 Å². The van der Waals surface area contributed by atoms with E-state index in [-0.39, 0.29) is 23.2 Å². The molecule has 0 aliphatic rings. The molecule has 0 spiro atoms. The first kappa shape index (κ1) is 18.8. The number of methoxy groups -OCH3 is 1. The molecule has 0 atom stereocenters. The summed E-state index contributed by atoms with van der Waals surface area (Å²) in [6, 6.07) is 12.8. The van der Waals surface area contributed by atoms with Crippen molar-refractivity contribution in [3.05, 3.63) is 68.5 Å². The number of aromatic hydroxyl groups is 1. The Kier molecular flexibility index (Phi) is 5.09. The van der Waals surface area contributed by atoms with Crippen LogP contribution in [0.2, 0.25) is 0 Å². The van der Waals surface area contributed by atoms with Crippen molar-refractivity contribution in [2.24, 2.45) is 10.2 Å². The Labute approximate surface area is 172 Å². The number of azo groups is 1. The Balaban J connectivity index is 1.57. The molecule has 0 radical (unpaired) electrons. The molecule has 0 amide bonds. The average Bonchev–Trinajstić information content (AvgIpc) is 3.03. The van der Waals surface area contributed by atoms with Crippen molar-refractivity contribution in [3.8, 4) is 11.6 Å². The minimum absolute atomic E-state index is 0.0581. The Morgan fingerprint density at radius 2 is 1.90 bits per heavy atom. The number of fused-ring (bicyclic) bond motifs is 1. The molecular weight excluding hydrogens is 440 g/mol. The van der Waals surface area contributed by atoms with E-state index in [1.54, 1.807) is 19.2 Å². The summed E-state index contributed by atoms with van der Waals surface area (Å²) in [7, 11) is 1.59. The minimum Gasteiger partial charge on any atom is -0.497 e. The molecular formula is C19H15BrN6O3. The van der Waals surface area contributed by atoms with Gasteiger partial charge in [-0.15, -0.1) is 20.4 Å². The van der Waals surface area contributed by atoms with Crippen LogP contribution in [0.5, 0.6) is 11.6 Å². The number of ether oxygens (including phenoxy) is 1. The second-order valence-corrected chi connectivity index (χ2v) is 7.08. The maximum absolute atomic E-state index is 12.3. The topological polar surface area (TPSA) is 129 Å². The quantitative estimate of drug-likeness (QED) is 0.390. The van der Waals surface area contributed by atoms with E-state index in [0.717, 1.165) is 15.8 Å². The third-order valence-corrected chi connectivity index (χ3v) is 4.74. The highest BCUT2D eigenvalue weighted by Gasteiger charge is 2.11. The lowest BCUT2D eigenvalue weighted by Gasteiger charge is -2.02. The van der Waals surface area contributed by atoms with Crippen LogP contribution in [0.25, 0.3) is 10.9 Å². The highest BCUT2D eigenvalue weighted by molar-refractivity contribution is 9.10. The normalized spacial score (nSPS) is 11.4. The summed E-state index contributed by atoms with van der Waals surface area (Å²) in [5, 5.41) is 26.5. The maximum Gasteiger partial charge on any atom is 0.274 e. The molecule has 4 rings (SSSR count). The Hall–Kier alpha value is -3.53. The molecule has 0 saturated heterocycles. The summed E-state index contributed by atoms with van der Waals surface area (Å²) < 4.78 is 5.95. The van der Waals surface area contributed by atoms with Gasteiger partial charge in [0.25, 0.3) is 11.5 Å². The van der Waals surface area contributed by atoms with Crippen LogP contribution in [0.1, 0.15) is 11.3 Å². The van der Waals surface area contributed by atoms with Gasteiger partial charge in [0, 0.05) is 16.3 Å². The van der Waals surface area contributed by atoms with Gasteiger partial charge in [-0.2, -0.15) is 0 Å². The molecule has 146 valence electrons. The molecule has 2 aromatic carbocycles. The zero-order valence-corrected chi connectivity index (χ0v) is 16.8. The van der Waals surface area contributed by atoms with Crippen LogP contribution in [0.3, 0.4) is 0 Å². The molecule has 0 aliphatic carbocycles. The van der Waals surface area contributed by atoms with Crippen molar-refractivity contribution in [2.75, 3.05) is 7.11 Å². The van der Waals surface area contributed by atoms with Crippen LogP contribution in [-0.2, 0) is 6.42 Å². The molecule has 0 unspecified atom stereocenters. The third kappa shape index (κ3) is 4.02. The molecule has 0 saturated carbocycles. The van der Waals surface area contributed by atoms with Crippen LogP contribution in [0, 0.1) is 0 Å². The van der Waals surface area contributed by atoms with Crippen LogP contribution >= 0.6 is 15.9 Å². The highest BCUT2D eigenvalue weighted by atomic mass is 79.9. The predicted octanol–water partition coefficient (Wildman–Crippen LogP) is 4.13. The summed E-state index contributed by atoms with van der Waals surface area (Å²) in [4.78, 5) is 17.7. The van der Waals surface area contributed by atoms with Crippen LogP contribution in [0.4, 0.5) is 11.6 Å². The number of H-pyrrole nitrogens is 2. The van der Waals surface area contributed by atoms with Crippen LogP contribution in [-0.4, -0.2) is 32.4 Å². The van der Waals surface area contributed by atoms with E-state index in [1.807, 2.05) is 30.3 Å². The summed E-state index contributed by atoms with van der Waals surface area (Å²) in [5.41, 5.74) is 1.69. The van der Waals surface area contributed by atoms with Gasteiger partial charge in [0.15, 0.2) is 5.69 Å². The molecule has 10 heteroatoms. The van der Waals surface area contributed by atoms with Crippen molar-refractivity contribution in [3.63, 3.8) is 0 Å². The Morgan fingerprint density at radius 3 is 2.62 bits per heavy atom. The van der Waals surface area contributed by atoms with E-state index in [2.05, 4.69) is 46.3 Å². The molecule has 2 aromatic heterocycles. The third-order valence-electron chi connectivity index (χ3n) is 4.24. The fourth-order valence-electron chi connectivity index (χ4n) is 2.78. The van der Waals surface area contributed by atoms with Crippen molar-refractivity contribution in [1.82, 2.24) is 20.2 Å². The molecule has 4 aromatic rings. The monoisotopic (exact) mass is 454 g/mol. The molecule has 0 fully saturated rings. The number of aromatic nitrogens is 4. The van der Waals surface area contributed by atoms with Gasteiger partial charge in [-0.1, -0.05) is 28.1 Å². The molecule has 3 N–H and O–H groups in total. The summed E-state index contributed by atoms with van der Waals surface area (Å²) in [6.07, 6.45) is 0.320. The van der Waals surface area contributed by atoms with Crippen LogP contribution in [0.15, 0.2) is 62.0 Å². The second kappa shape index (κ2) is 7.84. The van der Waals surface area contributed by atoms with E-state index in [1.165, 1.54) is 0 Å². The van der Waals surface area contributed by atoms with E-state index in [0.29, 0.717) is 17.3 Å². The van der Waals surface area contributed by atoms with Crippen LogP contribution < -0.4 is 10.3 Å². The first-order valence-corrected chi connectivity index (χ1v) is 9.33. The number of nitrogens with one attached hydrogen (secondary N) is 2. The number of hydrogen-bond acceptors (Lipinski definition) is 7. The first-order valence-electron chi connectivity index (χ1n) is 8.54. The number of benzene rings is 2. The minimum atomic E-state index is -0.407. The molecule has 0 aliphatic heterocycles. The van der Waals surface area contributed by atoms with Crippen molar-refractivity contribution < 1.29 is 9.84 Å². The van der Waals surface area contributed by atoms with Gasteiger partial charge in [-0.05, 0) is 35.9 Å². The summed E-state index contributed by atoms with van der Waals surface area (Å²) >= 11 is 3.38. The lowest BCUT2D eigenvalue weighted by Crippen LogP contribution is -2.16. The van der Waals surface area contributed by atoms with Crippen molar-refractivity contribution in [1.29, 1.82) is 0 Å². The highest BCUT2D eigenvalue weighted by Crippen LogP contribution is 2.37. The Morgan fingerprint density at radius 1 is 1.10 bits per heavy atom. The number of rotatable bonds is 5. The fourth-order valence-corrected chi connectivity index (χ4v) is 3.14. The summed E-state index contributed by atoms with van der Waals surface area (Å²) in [5.74, 6) is 0.544. The van der Waals surface area contributed by atoms with Gasteiger partial charge in [0.05, 0.1) is 12.6 Å². The maximum atomic E-state index is 12.3. The SMILES string of the molecule is COc1ccc(Cc2nnc(N=Nc3c(O)[nH]c4ccc(Br)cc34)[nH]c2=O)cc1. The van der Waals surface area contributed by atoms with Gasteiger partial charge in [0.2, 0.25) is 5.88 Å². The molecule has 29 heavy (non-hydrogen) atoms. The van der Waals surface area contributed by atoms with Gasteiger partial charge < -0.3 is 14.8 Å². The zero-order chi connectivity index (χ0) is 20.4. The molecule has 0 bridgehead atoms. The molecule has 2 heterocycles. The average molecular weight is 455 g/mol. The number of aromatic amines is 2. The number of halogens is 1. The predicted molar refractivity (Wildman–Crippen MR) is 110 cm³/mol. The van der Waals surface area contributed by atoms with E-state index >= 15 is 0 Å². The number of nitrogens with zero attached hydrogens (tertiary/aromatic N) is 4. The van der Waals surface area contributed by atoms with E-state index in [4.69, 9.17) is 4.74 Å². The largest absolute Gasteiger partial charge is 0.497 e. The number of hydrogen-bond donors (Lipinski definition) is 3. The zero-order valence-electron chi connectivity index (χ0n) is 15.2. The standard InChI is InChI=1S/C19H15BrN6O3/c1-29-12-5-2-10(3-6-12)8-15-17(27)22-19(25-23-15)26-24-16-13-9-11(20)4-7-14(13)21-18(16)28/h2-7,9,21,28H,8H2,1H3,(H,22,25,27).